The number of carbonyl (C=O) groups is 1. The summed E-state index contributed by atoms with van der Waals surface area (Å²) in [6.07, 6.45) is 13.1. The monoisotopic (exact) mass is 281 g/mol. The Morgan fingerprint density at radius 1 is 1.00 bits per heavy atom. The second-order valence-corrected chi connectivity index (χ2v) is 6.94. The predicted molar refractivity (Wildman–Crippen MR) is 81.6 cm³/mol. The van der Waals surface area contributed by atoms with Crippen LogP contribution in [0.2, 0.25) is 0 Å². The van der Waals surface area contributed by atoms with Gasteiger partial charge >= 0.3 is 5.97 Å². The fourth-order valence-electron chi connectivity index (χ4n) is 3.93. The first-order valence-corrected chi connectivity index (χ1v) is 8.52. The van der Waals surface area contributed by atoms with Gasteiger partial charge in [-0.15, -0.1) is 0 Å². The Kier molecular flexibility index (Phi) is 5.88. The van der Waals surface area contributed by atoms with Crippen molar-refractivity contribution in [2.75, 3.05) is 7.11 Å². The lowest BCUT2D eigenvalue weighted by Crippen LogP contribution is -2.56. The first-order chi connectivity index (χ1) is 9.66. The fraction of sp³-hybridized carbons (Fsp3) is 0.941. The number of rotatable bonds is 3. The predicted octanol–water partition coefficient (Wildman–Crippen LogP) is 3.81. The van der Waals surface area contributed by atoms with Crippen molar-refractivity contribution in [3.8, 4) is 0 Å². The smallest absolute Gasteiger partial charge is 0.326 e. The van der Waals surface area contributed by atoms with Crippen LogP contribution in [0.4, 0.5) is 0 Å². The Hall–Kier alpha value is -0.570. The van der Waals surface area contributed by atoms with Crippen LogP contribution in [0.15, 0.2) is 0 Å². The van der Waals surface area contributed by atoms with Crippen molar-refractivity contribution in [1.82, 2.24) is 5.32 Å². The number of nitrogens with one attached hydrogen (secondary N) is 1. The van der Waals surface area contributed by atoms with Crippen LogP contribution in [0.3, 0.4) is 0 Å². The molecule has 116 valence electrons. The number of ether oxygens (including phenoxy) is 1. The fourth-order valence-corrected chi connectivity index (χ4v) is 3.93. The zero-order valence-electron chi connectivity index (χ0n) is 13.2. The van der Waals surface area contributed by atoms with Gasteiger partial charge in [0.2, 0.25) is 0 Å². The Morgan fingerprint density at radius 2 is 1.70 bits per heavy atom. The average Bonchev–Trinajstić information content (AvgIpc) is 2.81. The lowest BCUT2D eigenvalue weighted by molar-refractivity contribution is -0.149. The van der Waals surface area contributed by atoms with E-state index in [-0.39, 0.29) is 5.97 Å². The molecule has 0 aromatic heterocycles. The summed E-state index contributed by atoms with van der Waals surface area (Å²) in [5.74, 6) is 0.702. The van der Waals surface area contributed by atoms with Gasteiger partial charge in [0, 0.05) is 6.04 Å². The van der Waals surface area contributed by atoms with Crippen molar-refractivity contribution in [2.45, 2.75) is 89.1 Å². The molecule has 20 heavy (non-hydrogen) atoms. The highest BCUT2D eigenvalue weighted by Crippen LogP contribution is 2.33. The van der Waals surface area contributed by atoms with Gasteiger partial charge in [0.1, 0.15) is 5.54 Å². The second kappa shape index (κ2) is 7.44. The molecule has 2 fully saturated rings. The van der Waals surface area contributed by atoms with Gasteiger partial charge in [-0.05, 0) is 38.0 Å². The van der Waals surface area contributed by atoms with E-state index in [1.165, 1.54) is 52.1 Å². The van der Waals surface area contributed by atoms with E-state index in [9.17, 15) is 4.79 Å². The minimum absolute atomic E-state index is 0.0316. The van der Waals surface area contributed by atoms with Crippen LogP contribution in [0.1, 0.15) is 77.6 Å². The van der Waals surface area contributed by atoms with Gasteiger partial charge in [-0.3, -0.25) is 10.1 Å². The molecule has 0 aromatic carbocycles. The molecular weight excluding hydrogens is 250 g/mol. The highest BCUT2D eigenvalue weighted by Gasteiger charge is 2.41. The molecule has 0 radical (unpaired) electrons. The number of hydrogen-bond donors (Lipinski definition) is 1. The van der Waals surface area contributed by atoms with Crippen molar-refractivity contribution in [3.63, 3.8) is 0 Å². The molecule has 0 heterocycles. The van der Waals surface area contributed by atoms with Crippen LogP contribution >= 0.6 is 0 Å². The minimum atomic E-state index is -0.408. The molecule has 2 saturated carbocycles. The SMILES string of the molecule is COC(=O)C1(NC2CCCCCC2)CCCC(C)CC1. The lowest BCUT2D eigenvalue weighted by atomic mass is 9.87. The topological polar surface area (TPSA) is 38.3 Å². The summed E-state index contributed by atoms with van der Waals surface area (Å²) in [5, 5.41) is 3.75. The van der Waals surface area contributed by atoms with Crippen LogP contribution in [0.5, 0.6) is 0 Å². The van der Waals surface area contributed by atoms with Crippen molar-refractivity contribution in [2.24, 2.45) is 5.92 Å². The molecule has 0 spiro atoms. The first kappa shape index (κ1) is 15.8. The normalized spacial score (nSPS) is 33.2. The third kappa shape index (κ3) is 3.97. The largest absolute Gasteiger partial charge is 0.468 e. The van der Waals surface area contributed by atoms with Gasteiger partial charge in [0.05, 0.1) is 7.11 Å². The molecule has 0 aliphatic heterocycles. The second-order valence-electron chi connectivity index (χ2n) is 6.94. The Bertz CT molecular complexity index is 310. The molecule has 3 nitrogen and oxygen atoms in total. The summed E-state index contributed by atoms with van der Waals surface area (Å²) in [6, 6.07) is 0.505. The quantitative estimate of drug-likeness (QED) is 0.631. The number of methoxy groups -OCH3 is 1. The van der Waals surface area contributed by atoms with E-state index in [0.29, 0.717) is 6.04 Å². The van der Waals surface area contributed by atoms with Gasteiger partial charge in [-0.25, -0.2) is 0 Å². The van der Waals surface area contributed by atoms with E-state index >= 15 is 0 Å². The zero-order valence-corrected chi connectivity index (χ0v) is 13.2. The average molecular weight is 281 g/mol. The number of hydrogen-bond acceptors (Lipinski definition) is 3. The molecule has 2 aliphatic carbocycles. The molecule has 2 rings (SSSR count). The molecule has 3 heteroatoms. The minimum Gasteiger partial charge on any atom is -0.468 e. The molecular formula is C17H31NO2. The van der Waals surface area contributed by atoms with E-state index in [1.807, 2.05) is 0 Å². The maximum absolute atomic E-state index is 12.4. The maximum atomic E-state index is 12.4. The van der Waals surface area contributed by atoms with Crippen LogP contribution in [-0.4, -0.2) is 24.7 Å². The van der Waals surface area contributed by atoms with Gasteiger partial charge in [-0.1, -0.05) is 45.4 Å². The molecule has 0 amide bonds. The summed E-state index contributed by atoms with van der Waals surface area (Å²) < 4.78 is 5.16. The summed E-state index contributed by atoms with van der Waals surface area (Å²) >= 11 is 0. The van der Waals surface area contributed by atoms with Gasteiger partial charge in [-0.2, -0.15) is 0 Å². The van der Waals surface area contributed by atoms with Crippen LogP contribution in [-0.2, 0) is 9.53 Å². The van der Waals surface area contributed by atoms with Crippen LogP contribution < -0.4 is 5.32 Å². The number of esters is 1. The highest BCUT2D eigenvalue weighted by molar-refractivity contribution is 5.80. The molecule has 2 unspecified atom stereocenters. The van der Waals surface area contributed by atoms with Gasteiger partial charge < -0.3 is 4.74 Å². The van der Waals surface area contributed by atoms with E-state index in [1.54, 1.807) is 0 Å². The number of carbonyl (C=O) groups excluding carboxylic acids is 1. The molecule has 0 saturated heterocycles. The Morgan fingerprint density at radius 3 is 2.35 bits per heavy atom. The third-order valence-electron chi connectivity index (χ3n) is 5.28. The van der Waals surface area contributed by atoms with Gasteiger partial charge in [0.15, 0.2) is 0 Å². The van der Waals surface area contributed by atoms with Gasteiger partial charge in [0.25, 0.3) is 0 Å². The third-order valence-corrected chi connectivity index (χ3v) is 5.28. The highest BCUT2D eigenvalue weighted by atomic mass is 16.5. The Balaban J connectivity index is 2.07. The van der Waals surface area contributed by atoms with Crippen molar-refractivity contribution in [3.05, 3.63) is 0 Å². The first-order valence-electron chi connectivity index (χ1n) is 8.52. The van der Waals surface area contributed by atoms with E-state index in [0.717, 1.165) is 31.6 Å². The lowest BCUT2D eigenvalue weighted by Gasteiger charge is -2.35. The molecule has 2 aliphatic rings. The van der Waals surface area contributed by atoms with Crippen molar-refractivity contribution < 1.29 is 9.53 Å². The molecule has 2 atom stereocenters. The van der Waals surface area contributed by atoms with Crippen LogP contribution in [0.25, 0.3) is 0 Å². The maximum Gasteiger partial charge on any atom is 0.326 e. The van der Waals surface area contributed by atoms with E-state index < -0.39 is 5.54 Å². The zero-order chi connectivity index (χ0) is 14.4. The molecule has 0 bridgehead atoms. The summed E-state index contributed by atoms with van der Waals surface area (Å²) in [5.41, 5.74) is -0.408. The molecule has 0 aromatic rings. The van der Waals surface area contributed by atoms with E-state index in [4.69, 9.17) is 4.74 Å². The van der Waals surface area contributed by atoms with Crippen molar-refractivity contribution >= 4 is 5.97 Å². The summed E-state index contributed by atoms with van der Waals surface area (Å²) in [7, 11) is 1.53. The standard InChI is InChI=1S/C17H31NO2/c1-14-8-7-12-17(13-11-14,16(19)20-2)18-15-9-5-3-4-6-10-15/h14-15,18H,3-13H2,1-2H3. The molecule has 1 N–H and O–H groups in total. The van der Waals surface area contributed by atoms with Crippen molar-refractivity contribution in [1.29, 1.82) is 0 Å². The van der Waals surface area contributed by atoms with Crippen LogP contribution in [0, 0.1) is 5.92 Å². The Labute approximate surface area is 123 Å². The summed E-state index contributed by atoms with van der Waals surface area (Å²) in [4.78, 5) is 12.4. The summed E-state index contributed by atoms with van der Waals surface area (Å²) in [6.45, 7) is 2.30. The van der Waals surface area contributed by atoms with E-state index in [2.05, 4.69) is 12.2 Å².